The molecule has 1 aromatic rings. The van der Waals surface area contributed by atoms with Crippen LogP contribution in [0.25, 0.3) is 0 Å². The summed E-state index contributed by atoms with van der Waals surface area (Å²) in [5.74, 6) is 0.138. The number of halogens is 1. The summed E-state index contributed by atoms with van der Waals surface area (Å²) >= 11 is 0. The summed E-state index contributed by atoms with van der Waals surface area (Å²) in [6, 6.07) is 6.94. The minimum absolute atomic E-state index is 0. The van der Waals surface area contributed by atoms with Crippen molar-refractivity contribution in [3.8, 4) is 0 Å². The summed E-state index contributed by atoms with van der Waals surface area (Å²) in [5.41, 5.74) is 7.07. The van der Waals surface area contributed by atoms with E-state index in [2.05, 4.69) is 0 Å². The second-order valence-corrected chi connectivity index (χ2v) is 7.28. The number of rotatable bonds is 4. The first-order chi connectivity index (χ1) is 9.46. The molecule has 1 heterocycles. The molecular formula is C14H21ClN2O3S. The fraction of sp³-hybridized carbons (Fsp3) is 0.500. The second-order valence-electron chi connectivity index (χ2n) is 5.05. The number of benzene rings is 1. The van der Waals surface area contributed by atoms with E-state index < -0.39 is 9.84 Å². The van der Waals surface area contributed by atoms with Crippen molar-refractivity contribution in [2.45, 2.75) is 25.9 Å². The topological polar surface area (TPSA) is 80.5 Å². The molecule has 0 spiro atoms. The van der Waals surface area contributed by atoms with Crippen molar-refractivity contribution in [1.82, 2.24) is 4.90 Å². The average molecular weight is 333 g/mol. The van der Waals surface area contributed by atoms with Gasteiger partial charge in [-0.15, -0.1) is 12.4 Å². The van der Waals surface area contributed by atoms with E-state index in [0.29, 0.717) is 25.1 Å². The van der Waals surface area contributed by atoms with Gasteiger partial charge >= 0.3 is 0 Å². The maximum Gasteiger partial charge on any atom is 0.254 e. The highest BCUT2D eigenvalue weighted by Crippen LogP contribution is 2.20. The van der Waals surface area contributed by atoms with Crippen LogP contribution in [0.1, 0.15) is 29.3 Å². The van der Waals surface area contributed by atoms with Gasteiger partial charge in [0, 0.05) is 24.7 Å². The lowest BCUT2D eigenvalue weighted by atomic mass is 10.1. The number of hydrogen-bond donors (Lipinski definition) is 1. The van der Waals surface area contributed by atoms with Gasteiger partial charge in [-0.05, 0) is 31.0 Å². The zero-order valence-corrected chi connectivity index (χ0v) is 13.6. The minimum atomic E-state index is -2.99. The lowest BCUT2D eigenvalue weighted by Crippen LogP contribution is -2.40. The molecule has 118 valence electrons. The molecule has 1 aromatic carbocycles. The lowest BCUT2D eigenvalue weighted by molar-refractivity contribution is 0.0708. The summed E-state index contributed by atoms with van der Waals surface area (Å²) in [5, 5.41) is 0. The largest absolute Gasteiger partial charge is 0.335 e. The number of nitrogens with zero attached hydrogens (tertiary/aromatic N) is 1. The third-order valence-electron chi connectivity index (χ3n) is 3.69. The zero-order chi connectivity index (χ0) is 14.8. The Morgan fingerprint density at radius 1 is 1.33 bits per heavy atom. The van der Waals surface area contributed by atoms with Gasteiger partial charge in [0.05, 0.1) is 11.5 Å². The molecule has 7 heteroatoms. The minimum Gasteiger partial charge on any atom is -0.335 e. The van der Waals surface area contributed by atoms with Crippen molar-refractivity contribution in [2.75, 3.05) is 18.1 Å². The van der Waals surface area contributed by atoms with Crippen LogP contribution in [0.3, 0.4) is 0 Å². The summed E-state index contributed by atoms with van der Waals surface area (Å²) < 4.78 is 23.1. The van der Waals surface area contributed by atoms with E-state index >= 15 is 0 Å². The van der Waals surface area contributed by atoms with Crippen LogP contribution in [0, 0.1) is 0 Å². The van der Waals surface area contributed by atoms with Gasteiger partial charge in [-0.3, -0.25) is 4.79 Å². The highest BCUT2D eigenvalue weighted by Gasteiger charge is 2.34. The molecule has 0 aromatic heterocycles. The maximum absolute atomic E-state index is 12.5. The maximum atomic E-state index is 12.5. The van der Waals surface area contributed by atoms with Gasteiger partial charge in [-0.25, -0.2) is 8.42 Å². The molecule has 2 rings (SSSR count). The van der Waals surface area contributed by atoms with E-state index in [4.69, 9.17) is 5.73 Å². The van der Waals surface area contributed by atoms with Crippen LogP contribution in [0.4, 0.5) is 0 Å². The van der Waals surface area contributed by atoms with Gasteiger partial charge in [0.2, 0.25) is 0 Å². The highest BCUT2D eigenvalue weighted by molar-refractivity contribution is 7.91. The molecule has 1 unspecified atom stereocenters. The Kier molecular flexibility index (Phi) is 6.19. The standard InChI is InChI=1S/C14H20N2O3S.ClH/c1-2-16(13-7-8-20(18,19)10-13)14(17)12-5-3-11(9-15)4-6-12;/h3-6,13H,2,7-10,15H2,1H3;1H. The van der Waals surface area contributed by atoms with Crippen molar-refractivity contribution in [3.63, 3.8) is 0 Å². The van der Waals surface area contributed by atoms with E-state index in [1.165, 1.54) is 0 Å². The van der Waals surface area contributed by atoms with E-state index in [1.807, 2.05) is 19.1 Å². The first-order valence-electron chi connectivity index (χ1n) is 6.77. The number of carbonyl (C=O) groups is 1. The first kappa shape index (κ1) is 17.9. The molecule has 1 fully saturated rings. The van der Waals surface area contributed by atoms with E-state index in [9.17, 15) is 13.2 Å². The van der Waals surface area contributed by atoms with Crippen molar-refractivity contribution in [3.05, 3.63) is 35.4 Å². The number of sulfone groups is 1. The highest BCUT2D eigenvalue weighted by atomic mass is 35.5. The molecule has 1 amide bonds. The van der Waals surface area contributed by atoms with Crippen molar-refractivity contribution in [1.29, 1.82) is 0 Å². The molecule has 0 radical (unpaired) electrons. The van der Waals surface area contributed by atoms with E-state index in [1.54, 1.807) is 17.0 Å². The van der Waals surface area contributed by atoms with Crippen molar-refractivity contribution >= 4 is 28.2 Å². The number of carbonyl (C=O) groups excluding carboxylic acids is 1. The lowest BCUT2D eigenvalue weighted by Gasteiger charge is -2.27. The Labute approximate surface area is 131 Å². The monoisotopic (exact) mass is 332 g/mol. The number of nitrogens with two attached hydrogens (primary N) is 1. The Morgan fingerprint density at radius 2 is 1.95 bits per heavy atom. The third kappa shape index (κ3) is 4.18. The second kappa shape index (κ2) is 7.24. The molecule has 2 N–H and O–H groups in total. The fourth-order valence-corrected chi connectivity index (χ4v) is 4.27. The summed E-state index contributed by atoms with van der Waals surface area (Å²) in [6.07, 6.45) is 0.531. The van der Waals surface area contributed by atoms with Gasteiger partial charge in [0.15, 0.2) is 9.84 Å². The molecule has 1 atom stereocenters. The Balaban J connectivity index is 0.00000220. The Morgan fingerprint density at radius 3 is 2.38 bits per heavy atom. The van der Waals surface area contributed by atoms with Gasteiger partial charge in [0.1, 0.15) is 0 Å². The van der Waals surface area contributed by atoms with Crippen LogP contribution in [0.15, 0.2) is 24.3 Å². The van der Waals surface area contributed by atoms with Gasteiger partial charge in [-0.1, -0.05) is 12.1 Å². The van der Waals surface area contributed by atoms with Crippen molar-refractivity contribution in [2.24, 2.45) is 5.73 Å². The number of amides is 1. The third-order valence-corrected chi connectivity index (χ3v) is 5.44. The zero-order valence-electron chi connectivity index (χ0n) is 12.0. The van der Waals surface area contributed by atoms with Crippen LogP contribution in [0.5, 0.6) is 0 Å². The molecule has 0 saturated carbocycles. The van der Waals surface area contributed by atoms with Crippen LogP contribution < -0.4 is 5.73 Å². The van der Waals surface area contributed by atoms with E-state index in [-0.39, 0.29) is 35.9 Å². The van der Waals surface area contributed by atoms with Crippen LogP contribution >= 0.6 is 12.4 Å². The Bertz CT molecular complexity index is 587. The smallest absolute Gasteiger partial charge is 0.254 e. The predicted octanol–water partition coefficient (Wildman–Crippen LogP) is 1.22. The molecule has 1 saturated heterocycles. The van der Waals surface area contributed by atoms with Crippen LogP contribution in [-0.2, 0) is 16.4 Å². The normalized spacial score (nSPS) is 19.8. The molecule has 0 aliphatic carbocycles. The summed E-state index contributed by atoms with van der Waals surface area (Å²) in [4.78, 5) is 14.1. The molecule has 5 nitrogen and oxygen atoms in total. The molecule has 21 heavy (non-hydrogen) atoms. The van der Waals surface area contributed by atoms with E-state index in [0.717, 1.165) is 5.56 Å². The molecule has 0 bridgehead atoms. The number of hydrogen-bond acceptors (Lipinski definition) is 4. The van der Waals surface area contributed by atoms with Crippen LogP contribution in [-0.4, -0.2) is 43.3 Å². The fourth-order valence-electron chi connectivity index (χ4n) is 2.54. The van der Waals surface area contributed by atoms with Gasteiger partial charge in [0.25, 0.3) is 5.91 Å². The summed E-state index contributed by atoms with van der Waals surface area (Å²) in [7, 11) is -2.99. The quantitative estimate of drug-likeness (QED) is 0.898. The SMILES string of the molecule is CCN(C(=O)c1ccc(CN)cc1)C1CCS(=O)(=O)C1.Cl. The first-order valence-corrected chi connectivity index (χ1v) is 8.59. The van der Waals surface area contributed by atoms with Crippen molar-refractivity contribution < 1.29 is 13.2 Å². The Hall–Kier alpha value is -1.11. The summed E-state index contributed by atoms with van der Waals surface area (Å²) in [6.45, 7) is 2.82. The molecule has 1 aliphatic rings. The molecular weight excluding hydrogens is 312 g/mol. The molecule has 1 aliphatic heterocycles. The predicted molar refractivity (Wildman–Crippen MR) is 85.4 cm³/mol. The van der Waals surface area contributed by atoms with Gasteiger partial charge < -0.3 is 10.6 Å². The van der Waals surface area contributed by atoms with Crippen LogP contribution in [0.2, 0.25) is 0 Å². The van der Waals surface area contributed by atoms with Gasteiger partial charge in [-0.2, -0.15) is 0 Å². The average Bonchev–Trinajstić information content (AvgIpc) is 2.79.